The molecule has 3 aromatic carbocycles. The molecule has 5 rings (SSSR count). The summed E-state index contributed by atoms with van der Waals surface area (Å²) in [6.45, 7) is 10.1. The van der Waals surface area contributed by atoms with Gasteiger partial charge in [-0.2, -0.15) is 0 Å². The molecule has 0 unspecified atom stereocenters. The second kappa shape index (κ2) is 8.02. The first-order valence-corrected chi connectivity index (χ1v) is 11.3. The monoisotopic (exact) mass is 396 g/mol. The molecular weight excluding hydrogens is 364 g/mol. The minimum atomic E-state index is 0.0965. The summed E-state index contributed by atoms with van der Waals surface area (Å²) in [5.41, 5.74) is 8.84. The summed E-state index contributed by atoms with van der Waals surface area (Å²) in [4.78, 5) is 5.41. The van der Waals surface area contributed by atoms with Crippen LogP contribution in [0.25, 0.3) is 0 Å². The molecule has 1 aliphatic carbocycles. The molecule has 3 aromatic rings. The molecule has 0 spiro atoms. The van der Waals surface area contributed by atoms with E-state index in [1.54, 1.807) is 0 Å². The molecule has 30 heavy (non-hydrogen) atoms. The Balaban J connectivity index is 1.41. The lowest BCUT2D eigenvalue weighted by molar-refractivity contribution is 0.0316. The van der Waals surface area contributed by atoms with Crippen molar-refractivity contribution in [2.24, 2.45) is 0 Å². The second-order valence-corrected chi connectivity index (χ2v) is 9.28. The first kappa shape index (κ1) is 19.5. The highest BCUT2D eigenvalue weighted by Gasteiger charge is 2.44. The molecule has 1 saturated heterocycles. The molecule has 1 fully saturated rings. The van der Waals surface area contributed by atoms with Crippen molar-refractivity contribution in [1.29, 1.82) is 0 Å². The van der Waals surface area contributed by atoms with Crippen LogP contribution in [0.2, 0.25) is 0 Å². The first-order valence-electron chi connectivity index (χ1n) is 11.3. The standard InChI is InChI=1S/C28H32N2/c1-22-16-23(2)18-27(17-22)28(19-25-10-6-7-11-26(25)20-28)30-14-12-29(13-15-30)21-24-8-4-3-5-9-24/h3-11,16-18H,12-15,19-21H2,1-2H3. The topological polar surface area (TPSA) is 6.48 Å². The van der Waals surface area contributed by atoms with Crippen LogP contribution in [0.15, 0.2) is 72.8 Å². The summed E-state index contributed by atoms with van der Waals surface area (Å²) in [7, 11) is 0. The molecule has 1 aliphatic heterocycles. The summed E-state index contributed by atoms with van der Waals surface area (Å²) in [6, 6.07) is 27.2. The van der Waals surface area contributed by atoms with Crippen LogP contribution < -0.4 is 0 Å². The van der Waals surface area contributed by atoms with E-state index in [4.69, 9.17) is 0 Å². The average Bonchev–Trinajstić information content (AvgIpc) is 3.15. The molecule has 1 heterocycles. The number of rotatable bonds is 4. The van der Waals surface area contributed by atoms with Gasteiger partial charge in [-0.15, -0.1) is 0 Å². The predicted molar refractivity (Wildman–Crippen MR) is 125 cm³/mol. The minimum Gasteiger partial charge on any atom is -0.297 e. The minimum absolute atomic E-state index is 0.0965. The van der Waals surface area contributed by atoms with E-state index in [-0.39, 0.29) is 5.54 Å². The number of hydrogen-bond acceptors (Lipinski definition) is 2. The Hall–Kier alpha value is -2.42. The van der Waals surface area contributed by atoms with Gasteiger partial charge in [0.1, 0.15) is 0 Å². The average molecular weight is 397 g/mol. The van der Waals surface area contributed by atoms with Gasteiger partial charge >= 0.3 is 0 Å². The van der Waals surface area contributed by atoms with Crippen LogP contribution >= 0.6 is 0 Å². The van der Waals surface area contributed by atoms with Crippen molar-refractivity contribution in [2.75, 3.05) is 26.2 Å². The molecule has 0 bridgehead atoms. The van der Waals surface area contributed by atoms with Crippen molar-refractivity contribution in [2.45, 2.75) is 38.8 Å². The third-order valence-electron chi connectivity index (χ3n) is 7.07. The van der Waals surface area contributed by atoms with Crippen LogP contribution in [-0.4, -0.2) is 36.0 Å². The molecule has 0 saturated carbocycles. The number of hydrogen-bond donors (Lipinski definition) is 0. The van der Waals surface area contributed by atoms with Crippen molar-refractivity contribution in [3.63, 3.8) is 0 Å². The SMILES string of the molecule is Cc1cc(C)cc(C2(N3CCN(Cc4ccccc4)CC3)Cc3ccccc3C2)c1. The second-order valence-electron chi connectivity index (χ2n) is 9.28. The molecule has 2 aliphatic rings. The lowest BCUT2D eigenvalue weighted by Crippen LogP contribution is -2.56. The van der Waals surface area contributed by atoms with Gasteiger partial charge in [0.05, 0.1) is 5.54 Å². The van der Waals surface area contributed by atoms with Gasteiger partial charge < -0.3 is 0 Å². The van der Waals surface area contributed by atoms with Crippen molar-refractivity contribution in [3.05, 3.63) is 106 Å². The lowest BCUT2D eigenvalue weighted by atomic mass is 9.82. The van der Waals surface area contributed by atoms with E-state index in [2.05, 4.69) is 96.4 Å². The van der Waals surface area contributed by atoms with E-state index in [0.717, 1.165) is 45.6 Å². The van der Waals surface area contributed by atoms with Crippen LogP contribution in [0, 0.1) is 13.8 Å². The molecule has 0 aromatic heterocycles. The Morgan fingerprint density at radius 1 is 0.700 bits per heavy atom. The van der Waals surface area contributed by atoms with Gasteiger partial charge in [-0.05, 0) is 48.9 Å². The number of fused-ring (bicyclic) bond motifs is 1. The van der Waals surface area contributed by atoms with E-state index >= 15 is 0 Å². The van der Waals surface area contributed by atoms with Gasteiger partial charge in [0.15, 0.2) is 0 Å². The van der Waals surface area contributed by atoms with E-state index < -0.39 is 0 Å². The molecule has 0 N–H and O–H groups in total. The fourth-order valence-corrected chi connectivity index (χ4v) is 5.62. The highest BCUT2D eigenvalue weighted by molar-refractivity contribution is 5.44. The molecular formula is C28H32N2. The number of aryl methyl sites for hydroxylation is 2. The highest BCUT2D eigenvalue weighted by Crippen LogP contribution is 2.43. The van der Waals surface area contributed by atoms with Crippen molar-refractivity contribution in [1.82, 2.24) is 9.80 Å². The number of piperazine rings is 1. The zero-order chi connectivity index (χ0) is 20.6. The zero-order valence-corrected chi connectivity index (χ0v) is 18.3. The third kappa shape index (κ3) is 3.71. The summed E-state index contributed by atoms with van der Waals surface area (Å²) < 4.78 is 0. The quantitative estimate of drug-likeness (QED) is 0.604. The maximum absolute atomic E-state index is 2.79. The molecule has 0 atom stereocenters. The van der Waals surface area contributed by atoms with Gasteiger partial charge in [-0.3, -0.25) is 9.80 Å². The molecule has 2 nitrogen and oxygen atoms in total. The Kier molecular flexibility index (Phi) is 5.22. The van der Waals surface area contributed by atoms with E-state index in [1.165, 1.54) is 33.4 Å². The summed E-state index contributed by atoms with van der Waals surface area (Å²) in [5.74, 6) is 0. The molecule has 0 amide bonds. The van der Waals surface area contributed by atoms with E-state index in [9.17, 15) is 0 Å². The van der Waals surface area contributed by atoms with Crippen molar-refractivity contribution in [3.8, 4) is 0 Å². The maximum Gasteiger partial charge on any atom is 0.0542 e. The summed E-state index contributed by atoms with van der Waals surface area (Å²) in [6.07, 6.45) is 2.26. The third-order valence-corrected chi connectivity index (χ3v) is 7.07. The largest absolute Gasteiger partial charge is 0.297 e. The fourth-order valence-electron chi connectivity index (χ4n) is 5.62. The van der Waals surface area contributed by atoms with Gasteiger partial charge in [-0.1, -0.05) is 83.9 Å². The first-order chi connectivity index (χ1) is 14.6. The fraction of sp³-hybridized carbons (Fsp3) is 0.357. The van der Waals surface area contributed by atoms with Gasteiger partial charge in [-0.25, -0.2) is 0 Å². The van der Waals surface area contributed by atoms with Crippen molar-refractivity contribution >= 4 is 0 Å². The Morgan fingerprint density at radius 2 is 1.27 bits per heavy atom. The Morgan fingerprint density at radius 3 is 1.87 bits per heavy atom. The Bertz CT molecular complexity index is 971. The molecule has 2 heteroatoms. The summed E-state index contributed by atoms with van der Waals surface area (Å²) >= 11 is 0. The highest BCUT2D eigenvalue weighted by atomic mass is 15.3. The Labute approximate surface area is 181 Å². The van der Waals surface area contributed by atoms with Gasteiger partial charge in [0, 0.05) is 32.7 Å². The van der Waals surface area contributed by atoms with Crippen LogP contribution in [0.5, 0.6) is 0 Å². The van der Waals surface area contributed by atoms with Gasteiger partial charge in [0.25, 0.3) is 0 Å². The smallest absolute Gasteiger partial charge is 0.0542 e. The van der Waals surface area contributed by atoms with Crippen LogP contribution in [0.1, 0.15) is 33.4 Å². The maximum atomic E-state index is 2.79. The zero-order valence-electron chi connectivity index (χ0n) is 18.3. The van der Waals surface area contributed by atoms with Crippen molar-refractivity contribution < 1.29 is 0 Å². The van der Waals surface area contributed by atoms with Crippen LogP contribution in [-0.2, 0) is 24.9 Å². The normalized spacial score (nSPS) is 19.0. The number of benzene rings is 3. The summed E-state index contributed by atoms with van der Waals surface area (Å²) in [5, 5.41) is 0. The van der Waals surface area contributed by atoms with Crippen LogP contribution in [0.4, 0.5) is 0 Å². The predicted octanol–water partition coefficient (Wildman–Crippen LogP) is 5.12. The van der Waals surface area contributed by atoms with E-state index in [0.29, 0.717) is 0 Å². The lowest BCUT2D eigenvalue weighted by Gasteiger charge is -2.46. The van der Waals surface area contributed by atoms with Crippen LogP contribution in [0.3, 0.4) is 0 Å². The van der Waals surface area contributed by atoms with Gasteiger partial charge in [0.2, 0.25) is 0 Å². The molecule has 0 radical (unpaired) electrons. The number of nitrogens with zero attached hydrogens (tertiary/aromatic N) is 2. The van der Waals surface area contributed by atoms with E-state index in [1.807, 2.05) is 0 Å². The molecule has 154 valence electrons.